The fraction of sp³-hybridized carbons (Fsp3) is 0.579. The predicted octanol–water partition coefficient (Wildman–Crippen LogP) is 2.16. The minimum atomic E-state index is -0.480. The molecule has 3 rings (SSSR count). The Hall–Kier alpha value is -1.59. The van der Waals surface area contributed by atoms with E-state index in [1.54, 1.807) is 0 Å². The van der Waals surface area contributed by atoms with Crippen LogP contribution in [-0.2, 0) is 4.79 Å². The number of nitrogens with zero attached hydrogens (tertiary/aromatic N) is 2. The van der Waals surface area contributed by atoms with Gasteiger partial charge in [-0.25, -0.2) is 0 Å². The van der Waals surface area contributed by atoms with Crippen molar-refractivity contribution < 1.29 is 9.59 Å². The summed E-state index contributed by atoms with van der Waals surface area (Å²) in [6.07, 6.45) is 2.70. The molecule has 138 valence electrons. The molecule has 0 spiro atoms. The average Bonchev–Trinajstić information content (AvgIpc) is 3.10. The zero-order valence-electron chi connectivity index (χ0n) is 14.8. The second kappa shape index (κ2) is 8.19. The van der Waals surface area contributed by atoms with E-state index in [1.807, 2.05) is 47.1 Å². The average molecular weight is 366 g/mol. The highest BCUT2D eigenvalue weighted by molar-refractivity contribution is 5.95. The summed E-state index contributed by atoms with van der Waals surface area (Å²) in [5, 5.41) is 0. The van der Waals surface area contributed by atoms with Gasteiger partial charge in [0.1, 0.15) is 0 Å². The summed E-state index contributed by atoms with van der Waals surface area (Å²) in [7, 11) is 0. The van der Waals surface area contributed by atoms with E-state index in [0.717, 1.165) is 38.9 Å². The van der Waals surface area contributed by atoms with Gasteiger partial charge in [-0.2, -0.15) is 0 Å². The molecule has 2 amide bonds. The van der Waals surface area contributed by atoms with Crippen LogP contribution in [-0.4, -0.2) is 54.3 Å². The monoisotopic (exact) mass is 365 g/mol. The number of hydrogen-bond acceptors (Lipinski definition) is 3. The topological polar surface area (TPSA) is 66.6 Å². The highest BCUT2D eigenvalue weighted by Crippen LogP contribution is 2.34. The molecule has 5 nitrogen and oxygen atoms in total. The Morgan fingerprint density at radius 3 is 2.56 bits per heavy atom. The van der Waals surface area contributed by atoms with Crippen molar-refractivity contribution in [3.63, 3.8) is 0 Å². The Labute approximate surface area is 155 Å². The minimum absolute atomic E-state index is 0. The Morgan fingerprint density at radius 2 is 1.92 bits per heavy atom. The molecule has 2 aliphatic heterocycles. The van der Waals surface area contributed by atoms with Gasteiger partial charge in [-0.3, -0.25) is 9.59 Å². The third-order valence-corrected chi connectivity index (χ3v) is 5.43. The summed E-state index contributed by atoms with van der Waals surface area (Å²) < 4.78 is 0. The molecule has 25 heavy (non-hydrogen) atoms. The lowest BCUT2D eigenvalue weighted by Crippen LogP contribution is -2.52. The van der Waals surface area contributed by atoms with Crippen LogP contribution in [0.4, 0.5) is 0 Å². The molecule has 2 aliphatic rings. The van der Waals surface area contributed by atoms with Crippen LogP contribution in [0.15, 0.2) is 30.3 Å². The molecule has 1 aromatic rings. The normalized spacial score (nSPS) is 26.2. The summed E-state index contributed by atoms with van der Waals surface area (Å²) in [5.41, 5.74) is 5.96. The maximum atomic E-state index is 13.0. The molecule has 0 saturated carbocycles. The molecule has 0 aliphatic carbocycles. The Kier molecular flexibility index (Phi) is 6.47. The maximum absolute atomic E-state index is 13.0. The van der Waals surface area contributed by atoms with Crippen LogP contribution in [0.2, 0.25) is 0 Å². The zero-order chi connectivity index (χ0) is 17.2. The summed E-state index contributed by atoms with van der Waals surface area (Å²) in [5.74, 6) is 0.628. The molecule has 2 N–H and O–H groups in total. The maximum Gasteiger partial charge on any atom is 0.253 e. The lowest BCUT2D eigenvalue weighted by atomic mass is 9.80. The van der Waals surface area contributed by atoms with Crippen molar-refractivity contribution in [3.05, 3.63) is 35.9 Å². The third-order valence-electron chi connectivity index (χ3n) is 5.43. The number of nitrogens with two attached hydrogens (primary N) is 1. The number of halogens is 1. The highest BCUT2D eigenvalue weighted by Gasteiger charge is 2.43. The quantitative estimate of drug-likeness (QED) is 0.892. The summed E-state index contributed by atoms with van der Waals surface area (Å²) in [6.45, 7) is 5.43. The molecule has 2 heterocycles. The molecule has 6 heteroatoms. The van der Waals surface area contributed by atoms with Gasteiger partial charge in [0, 0.05) is 31.7 Å². The van der Waals surface area contributed by atoms with Crippen molar-refractivity contribution in [3.8, 4) is 0 Å². The van der Waals surface area contributed by atoms with Crippen molar-refractivity contribution >= 4 is 24.2 Å². The first-order valence-corrected chi connectivity index (χ1v) is 8.87. The van der Waals surface area contributed by atoms with Crippen molar-refractivity contribution in [2.24, 2.45) is 17.1 Å². The van der Waals surface area contributed by atoms with E-state index in [2.05, 4.69) is 0 Å². The number of carbonyl (C=O) groups excluding carboxylic acids is 2. The molecular formula is C19H28ClN3O2. The molecular weight excluding hydrogens is 338 g/mol. The number of likely N-dealkylation sites (tertiary alicyclic amines) is 2. The van der Waals surface area contributed by atoms with Gasteiger partial charge in [0.2, 0.25) is 5.91 Å². The summed E-state index contributed by atoms with van der Waals surface area (Å²) in [6, 6.07) is 9.32. The number of rotatable bonds is 3. The van der Waals surface area contributed by atoms with Gasteiger partial charge >= 0.3 is 0 Å². The number of hydrogen-bond donors (Lipinski definition) is 1. The van der Waals surface area contributed by atoms with Gasteiger partial charge in [-0.1, -0.05) is 18.2 Å². The van der Waals surface area contributed by atoms with E-state index in [0.29, 0.717) is 24.6 Å². The van der Waals surface area contributed by atoms with Crippen molar-refractivity contribution in [1.29, 1.82) is 0 Å². The molecule has 0 radical (unpaired) electrons. The molecule has 0 aromatic heterocycles. The van der Waals surface area contributed by atoms with E-state index in [9.17, 15) is 9.59 Å². The van der Waals surface area contributed by atoms with Gasteiger partial charge in [0.25, 0.3) is 5.91 Å². The van der Waals surface area contributed by atoms with Crippen LogP contribution < -0.4 is 5.73 Å². The van der Waals surface area contributed by atoms with Gasteiger partial charge in [0.15, 0.2) is 0 Å². The first kappa shape index (κ1) is 19.7. The van der Waals surface area contributed by atoms with Gasteiger partial charge < -0.3 is 15.5 Å². The van der Waals surface area contributed by atoms with Crippen LogP contribution in [0.25, 0.3) is 0 Å². The zero-order valence-corrected chi connectivity index (χ0v) is 15.6. The van der Waals surface area contributed by atoms with E-state index < -0.39 is 5.41 Å². The molecule has 0 bridgehead atoms. The Bertz CT molecular complexity index is 610. The van der Waals surface area contributed by atoms with Crippen LogP contribution in [0.1, 0.15) is 36.5 Å². The molecule has 2 atom stereocenters. The molecule has 2 fully saturated rings. The standard InChI is InChI=1S/C19H27N3O2.ClH/c1-19(18(24)21-11-8-15(12-20)13-21)9-5-10-22(14-19)17(23)16-6-3-2-4-7-16;/h2-4,6-7,15H,5,8-14,20H2,1H3;1H. The first-order chi connectivity index (χ1) is 11.5. The van der Waals surface area contributed by atoms with E-state index in [4.69, 9.17) is 5.73 Å². The summed E-state index contributed by atoms with van der Waals surface area (Å²) >= 11 is 0. The number of piperidine rings is 1. The minimum Gasteiger partial charge on any atom is -0.342 e. The lowest BCUT2D eigenvalue weighted by molar-refractivity contribution is -0.142. The second-order valence-electron chi connectivity index (χ2n) is 7.40. The van der Waals surface area contributed by atoms with Gasteiger partial charge in [-0.15, -0.1) is 12.4 Å². The third kappa shape index (κ3) is 4.15. The highest BCUT2D eigenvalue weighted by atomic mass is 35.5. The fourth-order valence-corrected chi connectivity index (χ4v) is 3.94. The Morgan fingerprint density at radius 1 is 1.20 bits per heavy atom. The predicted molar refractivity (Wildman–Crippen MR) is 101 cm³/mol. The van der Waals surface area contributed by atoms with Crippen molar-refractivity contribution in [2.75, 3.05) is 32.7 Å². The second-order valence-corrected chi connectivity index (χ2v) is 7.40. The van der Waals surface area contributed by atoms with E-state index in [-0.39, 0.29) is 24.2 Å². The van der Waals surface area contributed by atoms with Gasteiger partial charge in [-0.05, 0) is 50.8 Å². The van der Waals surface area contributed by atoms with Crippen molar-refractivity contribution in [2.45, 2.75) is 26.2 Å². The largest absolute Gasteiger partial charge is 0.342 e. The first-order valence-electron chi connectivity index (χ1n) is 8.87. The fourth-order valence-electron chi connectivity index (χ4n) is 3.94. The lowest BCUT2D eigenvalue weighted by Gasteiger charge is -2.41. The van der Waals surface area contributed by atoms with Crippen LogP contribution in [0, 0.1) is 11.3 Å². The van der Waals surface area contributed by atoms with E-state index >= 15 is 0 Å². The summed E-state index contributed by atoms with van der Waals surface area (Å²) in [4.78, 5) is 29.5. The van der Waals surface area contributed by atoms with Crippen LogP contribution >= 0.6 is 12.4 Å². The molecule has 1 aromatic carbocycles. The number of carbonyl (C=O) groups is 2. The molecule has 2 unspecified atom stereocenters. The van der Waals surface area contributed by atoms with Crippen molar-refractivity contribution in [1.82, 2.24) is 9.80 Å². The molecule has 2 saturated heterocycles. The van der Waals surface area contributed by atoms with Crippen LogP contribution in [0.5, 0.6) is 0 Å². The SMILES string of the molecule is CC1(C(=O)N2CCC(CN)C2)CCCN(C(=O)c2ccccc2)C1.Cl. The smallest absolute Gasteiger partial charge is 0.253 e. The van der Waals surface area contributed by atoms with Crippen LogP contribution in [0.3, 0.4) is 0 Å². The Balaban J connectivity index is 0.00000225. The van der Waals surface area contributed by atoms with E-state index in [1.165, 1.54) is 0 Å². The number of benzene rings is 1. The number of amides is 2. The van der Waals surface area contributed by atoms with Gasteiger partial charge in [0.05, 0.1) is 5.41 Å².